The average molecular weight is 462 g/mol. The molecule has 0 bridgehead atoms. The highest BCUT2D eigenvalue weighted by atomic mass is 16.2. The first-order chi connectivity index (χ1) is 16.1. The van der Waals surface area contributed by atoms with E-state index in [0.29, 0.717) is 42.0 Å². The lowest BCUT2D eigenvalue weighted by Gasteiger charge is -2.33. The molecule has 1 heterocycles. The van der Waals surface area contributed by atoms with Gasteiger partial charge in [0.25, 0.3) is 5.56 Å². The molecule has 0 fully saturated rings. The van der Waals surface area contributed by atoms with Crippen molar-refractivity contribution in [3.05, 3.63) is 69.8 Å². The third kappa shape index (κ3) is 5.57. The molecule has 2 aromatic carbocycles. The summed E-state index contributed by atoms with van der Waals surface area (Å²) in [5.74, 6) is 1.49. The Kier molecular flexibility index (Phi) is 8.29. The number of amides is 1. The van der Waals surface area contributed by atoms with Crippen molar-refractivity contribution in [2.75, 3.05) is 6.54 Å². The van der Waals surface area contributed by atoms with Crippen LogP contribution in [0.4, 0.5) is 0 Å². The fourth-order valence-electron chi connectivity index (χ4n) is 4.35. The Bertz CT molecular complexity index is 1210. The topological polar surface area (TPSA) is 55.2 Å². The molecule has 182 valence electrons. The van der Waals surface area contributed by atoms with Gasteiger partial charge in [-0.2, -0.15) is 0 Å². The lowest BCUT2D eigenvalue weighted by Crippen LogP contribution is -2.40. The van der Waals surface area contributed by atoms with E-state index in [1.54, 1.807) is 4.57 Å². The molecular weight excluding hydrogens is 422 g/mol. The van der Waals surface area contributed by atoms with Gasteiger partial charge in [0.05, 0.1) is 22.6 Å². The van der Waals surface area contributed by atoms with E-state index in [1.807, 2.05) is 47.4 Å². The van der Waals surface area contributed by atoms with E-state index in [0.717, 1.165) is 17.7 Å². The van der Waals surface area contributed by atoms with Crippen molar-refractivity contribution in [2.45, 2.75) is 73.8 Å². The van der Waals surface area contributed by atoms with E-state index in [2.05, 4.69) is 48.5 Å². The van der Waals surface area contributed by atoms with Crippen molar-refractivity contribution >= 4 is 16.8 Å². The van der Waals surface area contributed by atoms with Gasteiger partial charge in [0.2, 0.25) is 5.91 Å². The second-order valence-electron chi connectivity index (χ2n) is 10.2. The maximum atomic E-state index is 13.8. The first-order valence-electron chi connectivity index (χ1n) is 12.5. The maximum absolute atomic E-state index is 13.8. The molecule has 5 nitrogen and oxygen atoms in total. The number of aromatic nitrogens is 2. The Morgan fingerprint density at radius 3 is 2.32 bits per heavy atom. The number of benzene rings is 2. The van der Waals surface area contributed by atoms with Crippen LogP contribution in [-0.4, -0.2) is 26.9 Å². The predicted molar refractivity (Wildman–Crippen MR) is 140 cm³/mol. The van der Waals surface area contributed by atoms with Gasteiger partial charge in [0.1, 0.15) is 5.82 Å². The van der Waals surface area contributed by atoms with Gasteiger partial charge in [-0.15, -0.1) is 0 Å². The molecule has 0 radical (unpaired) electrons. The SMILES string of the molecule is CCC(c1nc2ccccc2c(=O)n1-c1ccc(C)c(C)c1)N(CCC(C)C)C(=O)CC(C)C. The normalized spacial score (nSPS) is 12.5. The minimum atomic E-state index is -0.288. The van der Waals surface area contributed by atoms with E-state index in [9.17, 15) is 9.59 Å². The summed E-state index contributed by atoms with van der Waals surface area (Å²) in [5, 5.41) is 0.585. The van der Waals surface area contributed by atoms with E-state index < -0.39 is 0 Å². The van der Waals surface area contributed by atoms with Crippen molar-refractivity contribution in [1.82, 2.24) is 14.5 Å². The van der Waals surface area contributed by atoms with Crippen LogP contribution < -0.4 is 5.56 Å². The molecule has 0 aliphatic carbocycles. The van der Waals surface area contributed by atoms with E-state index in [1.165, 1.54) is 5.56 Å². The lowest BCUT2D eigenvalue weighted by molar-refractivity contribution is -0.135. The summed E-state index contributed by atoms with van der Waals surface area (Å²) in [4.78, 5) is 34.2. The molecule has 0 spiro atoms. The van der Waals surface area contributed by atoms with Crippen LogP contribution in [0, 0.1) is 25.7 Å². The summed E-state index contributed by atoms with van der Waals surface area (Å²) >= 11 is 0. The summed E-state index contributed by atoms with van der Waals surface area (Å²) < 4.78 is 1.73. The number of carbonyl (C=O) groups excluding carboxylic acids is 1. The Hall–Kier alpha value is -2.95. The third-order valence-corrected chi connectivity index (χ3v) is 6.46. The summed E-state index contributed by atoms with van der Waals surface area (Å²) in [7, 11) is 0. The molecule has 3 rings (SSSR count). The highest BCUT2D eigenvalue weighted by Gasteiger charge is 2.29. The van der Waals surface area contributed by atoms with Crippen LogP contribution in [0.2, 0.25) is 0 Å². The van der Waals surface area contributed by atoms with Crippen molar-refractivity contribution < 1.29 is 4.79 Å². The second-order valence-corrected chi connectivity index (χ2v) is 10.2. The Morgan fingerprint density at radius 2 is 1.71 bits per heavy atom. The number of fused-ring (bicyclic) bond motifs is 1. The number of carbonyl (C=O) groups is 1. The first kappa shape index (κ1) is 25.7. The molecule has 0 saturated heterocycles. The highest BCUT2D eigenvalue weighted by molar-refractivity contribution is 5.79. The Labute approximate surface area is 203 Å². The van der Waals surface area contributed by atoms with Gasteiger partial charge in [-0.3, -0.25) is 14.2 Å². The molecule has 0 aliphatic heterocycles. The van der Waals surface area contributed by atoms with Crippen LogP contribution in [0.15, 0.2) is 47.3 Å². The van der Waals surface area contributed by atoms with Gasteiger partial charge in [-0.25, -0.2) is 4.98 Å². The van der Waals surface area contributed by atoms with Crippen LogP contribution >= 0.6 is 0 Å². The average Bonchev–Trinajstić information content (AvgIpc) is 2.78. The van der Waals surface area contributed by atoms with Gasteiger partial charge < -0.3 is 4.90 Å². The number of hydrogen-bond acceptors (Lipinski definition) is 3. The summed E-state index contributed by atoms with van der Waals surface area (Å²) in [6.07, 6.45) is 2.06. The first-order valence-corrected chi connectivity index (χ1v) is 12.5. The van der Waals surface area contributed by atoms with Crippen molar-refractivity contribution in [3.63, 3.8) is 0 Å². The zero-order valence-corrected chi connectivity index (χ0v) is 21.8. The van der Waals surface area contributed by atoms with E-state index in [4.69, 9.17) is 4.98 Å². The molecule has 1 amide bonds. The fourth-order valence-corrected chi connectivity index (χ4v) is 4.35. The Balaban J connectivity index is 2.27. The second kappa shape index (κ2) is 11.0. The maximum Gasteiger partial charge on any atom is 0.266 e. The minimum absolute atomic E-state index is 0.0950. The van der Waals surface area contributed by atoms with Gasteiger partial charge in [-0.1, -0.05) is 52.8 Å². The number of nitrogens with zero attached hydrogens (tertiary/aromatic N) is 3. The summed E-state index contributed by atoms with van der Waals surface area (Å²) in [6.45, 7) is 15.3. The van der Waals surface area contributed by atoms with E-state index >= 15 is 0 Å². The molecule has 3 aromatic rings. The van der Waals surface area contributed by atoms with Crippen molar-refractivity contribution in [3.8, 4) is 5.69 Å². The molecule has 1 unspecified atom stereocenters. The zero-order chi connectivity index (χ0) is 25.0. The molecule has 34 heavy (non-hydrogen) atoms. The van der Waals surface area contributed by atoms with Gasteiger partial charge in [0, 0.05) is 13.0 Å². The minimum Gasteiger partial charge on any atom is -0.332 e. The molecule has 0 saturated carbocycles. The number of rotatable bonds is 9. The molecule has 0 aliphatic rings. The van der Waals surface area contributed by atoms with Crippen molar-refractivity contribution in [1.29, 1.82) is 0 Å². The van der Waals surface area contributed by atoms with Gasteiger partial charge in [0.15, 0.2) is 0 Å². The molecular formula is C29H39N3O2. The van der Waals surface area contributed by atoms with E-state index in [-0.39, 0.29) is 23.4 Å². The monoisotopic (exact) mass is 461 g/mol. The molecule has 1 aromatic heterocycles. The number of hydrogen-bond donors (Lipinski definition) is 0. The predicted octanol–water partition coefficient (Wildman–Crippen LogP) is 6.37. The van der Waals surface area contributed by atoms with Crippen molar-refractivity contribution in [2.24, 2.45) is 11.8 Å². The molecule has 1 atom stereocenters. The van der Waals surface area contributed by atoms with Crippen LogP contribution in [0.3, 0.4) is 0 Å². The third-order valence-electron chi connectivity index (χ3n) is 6.46. The molecule has 5 heteroatoms. The van der Waals surface area contributed by atoms with Crippen LogP contribution in [0.25, 0.3) is 16.6 Å². The quantitative estimate of drug-likeness (QED) is 0.372. The van der Waals surface area contributed by atoms with Crippen LogP contribution in [0.5, 0.6) is 0 Å². The fraction of sp³-hybridized carbons (Fsp3) is 0.483. The standard InChI is InChI=1S/C29H39N3O2/c1-8-26(31(16-15-19(2)3)27(33)17-20(4)5)28-30-25-12-10-9-11-24(25)29(34)32(28)23-14-13-21(6)22(7)18-23/h9-14,18-20,26H,8,15-17H2,1-7H3. The van der Waals surface area contributed by atoms with Crippen LogP contribution in [0.1, 0.15) is 76.9 Å². The number of para-hydroxylation sites is 1. The van der Waals surface area contributed by atoms with Crippen LogP contribution in [-0.2, 0) is 4.79 Å². The Morgan fingerprint density at radius 1 is 1.00 bits per heavy atom. The summed E-state index contributed by atoms with van der Waals surface area (Å²) in [5.41, 5.74) is 3.65. The zero-order valence-electron chi connectivity index (χ0n) is 21.8. The lowest BCUT2D eigenvalue weighted by atomic mass is 10.0. The summed E-state index contributed by atoms with van der Waals surface area (Å²) in [6, 6.07) is 13.2. The number of aryl methyl sites for hydroxylation is 2. The molecule has 0 N–H and O–H groups in total. The highest BCUT2D eigenvalue weighted by Crippen LogP contribution is 2.28. The largest absolute Gasteiger partial charge is 0.332 e. The van der Waals surface area contributed by atoms with Gasteiger partial charge >= 0.3 is 0 Å². The smallest absolute Gasteiger partial charge is 0.266 e. The van der Waals surface area contributed by atoms with Gasteiger partial charge in [-0.05, 0) is 73.9 Å².